The summed E-state index contributed by atoms with van der Waals surface area (Å²) >= 11 is 0. The van der Waals surface area contributed by atoms with Crippen molar-refractivity contribution in [2.75, 3.05) is 20.7 Å². The maximum absolute atomic E-state index is 12.6. The van der Waals surface area contributed by atoms with Crippen molar-refractivity contribution in [3.05, 3.63) is 12.2 Å². The van der Waals surface area contributed by atoms with E-state index in [1.807, 2.05) is 0 Å². The quantitative estimate of drug-likeness (QED) is 0.738. The SMILES string of the molecule is COC1CCC2C[C@@H]3[C@@H]4C=CC(=O)[C@@H]5OC1C2[C@@]54CCN3C. The van der Waals surface area contributed by atoms with E-state index in [-0.39, 0.29) is 29.5 Å². The van der Waals surface area contributed by atoms with Gasteiger partial charge >= 0.3 is 0 Å². The van der Waals surface area contributed by atoms with Gasteiger partial charge in [0.25, 0.3) is 0 Å². The van der Waals surface area contributed by atoms with Gasteiger partial charge in [-0.2, -0.15) is 0 Å². The molecular weight excluding hydrogens is 278 g/mol. The van der Waals surface area contributed by atoms with Crippen LogP contribution in [0.3, 0.4) is 0 Å². The molecule has 1 spiro atoms. The molecule has 2 aliphatic heterocycles. The second-order valence-corrected chi connectivity index (χ2v) is 8.05. The molecule has 0 aromatic heterocycles. The molecule has 5 aliphatic rings. The van der Waals surface area contributed by atoms with E-state index in [1.54, 1.807) is 13.2 Å². The van der Waals surface area contributed by atoms with Crippen LogP contribution in [-0.4, -0.2) is 55.7 Å². The first-order chi connectivity index (χ1) is 10.7. The zero-order valence-corrected chi connectivity index (χ0v) is 13.4. The molecule has 8 atom stereocenters. The Bertz CT molecular complexity index is 546. The van der Waals surface area contributed by atoms with Crippen LogP contribution in [0, 0.1) is 23.2 Å². The van der Waals surface area contributed by atoms with E-state index in [1.165, 1.54) is 12.8 Å². The average molecular weight is 303 g/mol. The van der Waals surface area contributed by atoms with E-state index in [0.717, 1.165) is 19.4 Å². The minimum Gasteiger partial charge on any atom is -0.379 e. The number of methoxy groups -OCH3 is 1. The molecule has 0 aromatic rings. The Balaban J connectivity index is 1.67. The first-order valence-electron chi connectivity index (χ1n) is 8.77. The molecule has 2 bridgehead atoms. The van der Waals surface area contributed by atoms with Crippen LogP contribution < -0.4 is 0 Å². The normalized spacial score (nSPS) is 56.1. The Labute approximate surface area is 131 Å². The van der Waals surface area contributed by atoms with Gasteiger partial charge in [-0.1, -0.05) is 6.08 Å². The molecule has 22 heavy (non-hydrogen) atoms. The van der Waals surface area contributed by atoms with Crippen LogP contribution in [0.15, 0.2) is 12.2 Å². The molecule has 4 nitrogen and oxygen atoms in total. The molecule has 0 amide bonds. The second kappa shape index (κ2) is 4.43. The first-order valence-corrected chi connectivity index (χ1v) is 8.77. The number of ketones is 1. The number of hydrogen-bond acceptors (Lipinski definition) is 4. The van der Waals surface area contributed by atoms with E-state index in [2.05, 4.69) is 18.0 Å². The van der Waals surface area contributed by atoms with Gasteiger partial charge in [0.05, 0.1) is 12.2 Å². The van der Waals surface area contributed by atoms with Crippen molar-refractivity contribution in [1.29, 1.82) is 0 Å². The topological polar surface area (TPSA) is 38.8 Å². The highest BCUT2D eigenvalue weighted by molar-refractivity contribution is 5.96. The van der Waals surface area contributed by atoms with Crippen molar-refractivity contribution in [3.8, 4) is 0 Å². The van der Waals surface area contributed by atoms with E-state index in [4.69, 9.17) is 9.47 Å². The summed E-state index contributed by atoms with van der Waals surface area (Å²) in [7, 11) is 4.05. The first kappa shape index (κ1) is 13.7. The van der Waals surface area contributed by atoms with Gasteiger partial charge in [0, 0.05) is 24.5 Å². The molecule has 3 aliphatic carbocycles. The Kier molecular flexibility index (Phi) is 2.76. The van der Waals surface area contributed by atoms with Crippen LogP contribution in [0.4, 0.5) is 0 Å². The maximum Gasteiger partial charge on any atom is 0.184 e. The number of piperidine rings is 1. The number of carbonyl (C=O) groups excluding carboxylic acids is 1. The number of carbonyl (C=O) groups is 1. The highest BCUT2D eigenvalue weighted by atomic mass is 16.6. The van der Waals surface area contributed by atoms with Gasteiger partial charge < -0.3 is 14.4 Å². The van der Waals surface area contributed by atoms with Crippen molar-refractivity contribution in [2.45, 2.75) is 50.0 Å². The molecule has 0 aromatic carbocycles. The van der Waals surface area contributed by atoms with Crippen LogP contribution in [0.2, 0.25) is 0 Å². The van der Waals surface area contributed by atoms with Gasteiger partial charge in [0.1, 0.15) is 6.10 Å². The lowest BCUT2D eigenvalue weighted by Crippen LogP contribution is -2.66. The average Bonchev–Trinajstić information content (AvgIpc) is 2.88. The summed E-state index contributed by atoms with van der Waals surface area (Å²) in [5.74, 6) is 1.89. The molecule has 4 heteroatoms. The predicted octanol–water partition coefficient (Wildman–Crippen LogP) is 1.64. The van der Waals surface area contributed by atoms with Crippen LogP contribution >= 0.6 is 0 Å². The Morgan fingerprint density at radius 2 is 2.27 bits per heavy atom. The molecule has 5 rings (SSSR count). The third kappa shape index (κ3) is 1.43. The summed E-state index contributed by atoms with van der Waals surface area (Å²) in [5.41, 5.74) is 0.0494. The Morgan fingerprint density at radius 1 is 1.41 bits per heavy atom. The van der Waals surface area contributed by atoms with Crippen molar-refractivity contribution in [2.24, 2.45) is 23.2 Å². The minimum absolute atomic E-state index is 0.0494. The smallest absolute Gasteiger partial charge is 0.184 e. The Morgan fingerprint density at radius 3 is 3.09 bits per heavy atom. The van der Waals surface area contributed by atoms with Gasteiger partial charge in [0.15, 0.2) is 5.78 Å². The third-order valence-electron chi connectivity index (χ3n) is 7.52. The summed E-state index contributed by atoms with van der Waals surface area (Å²) in [6, 6.07) is 0.586. The highest BCUT2D eigenvalue weighted by Crippen LogP contribution is 2.66. The molecule has 2 saturated heterocycles. The largest absolute Gasteiger partial charge is 0.379 e. The van der Waals surface area contributed by atoms with Gasteiger partial charge in [0.2, 0.25) is 0 Å². The minimum atomic E-state index is -0.216. The van der Waals surface area contributed by atoms with Crippen LogP contribution in [0.5, 0.6) is 0 Å². The zero-order chi connectivity index (χ0) is 15.1. The van der Waals surface area contributed by atoms with Gasteiger partial charge in [-0.25, -0.2) is 0 Å². The van der Waals surface area contributed by atoms with Crippen molar-refractivity contribution >= 4 is 5.78 Å². The summed E-state index contributed by atoms with van der Waals surface area (Å²) in [6.45, 7) is 1.09. The number of ether oxygens (including phenoxy) is 2. The molecular formula is C18H25NO3. The van der Waals surface area contributed by atoms with E-state index in [0.29, 0.717) is 23.8 Å². The molecule has 0 radical (unpaired) electrons. The number of hydrogen-bond donors (Lipinski definition) is 0. The summed E-state index contributed by atoms with van der Waals surface area (Å²) in [5, 5.41) is 0. The monoisotopic (exact) mass is 303 g/mol. The molecule has 2 heterocycles. The number of nitrogens with zero attached hydrogens (tertiary/aromatic N) is 1. The van der Waals surface area contributed by atoms with Gasteiger partial charge in [-0.15, -0.1) is 0 Å². The fraction of sp³-hybridized carbons (Fsp3) is 0.833. The van der Waals surface area contributed by atoms with Crippen molar-refractivity contribution < 1.29 is 14.3 Å². The lowest BCUT2D eigenvalue weighted by Gasteiger charge is -2.61. The lowest BCUT2D eigenvalue weighted by atomic mass is 9.46. The third-order valence-corrected chi connectivity index (χ3v) is 7.52. The van der Waals surface area contributed by atoms with E-state index in [9.17, 15) is 4.79 Å². The van der Waals surface area contributed by atoms with E-state index >= 15 is 0 Å². The molecule has 4 fully saturated rings. The summed E-state index contributed by atoms with van der Waals surface area (Å²) in [4.78, 5) is 15.1. The highest BCUT2D eigenvalue weighted by Gasteiger charge is 2.71. The van der Waals surface area contributed by atoms with Gasteiger partial charge in [-0.05, 0) is 57.2 Å². The number of likely N-dealkylation sites (tertiary alicyclic amines) is 1. The van der Waals surface area contributed by atoms with Crippen LogP contribution in [-0.2, 0) is 14.3 Å². The van der Waals surface area contributed by atoms with Crippen molar-refractivity contribution in [3.63, 3.8) is 0 Å². The standard InChI is InChI=1S/C18H25NO3/c1-19-8-7-18-11-4-5-13(20)17(18)22-16-14(21-2)6-3-10(15(16)18)9-12(11)19/h4-5,10-12,14-17H,3,6-9H2,1-2H3/t10?,11-,12+,14?,15?,16?,17-,18-/m0/s1. The Hall–Kier alpha value is -0.710. The maximum atomic E-state index is 12.6. The van der Waals surface area contributed by atoms with Crippen molar-refractivity contribution in [1.82, 2.24) is 4.90 Å². The molecule has 120 valence electrons. The predicted molar refractivity (Wildman–Crippen MR) is 81.4 cm³/mol. The summed E-state index contributed by atoms with van der Waals surface area (Å²) in [6.07, 6.45) is 8.77. The van der Waals surface area contributed by atoms with Gasteiger partial charge in [-0.3, -0.25) is 4.79 Å². The second-order valence-electron chi connectivity index (χ2n) is 8.05. The molecule has 0 N–H and O–H groups in total. The fourth-order valence-corrected chi connectivity index (χ4v) is 6.71. The molecule has 4 unspecified atom stereocenters. The fourth-order valence-electron chi connectivity index (χ4n) is 6.71. The molecule has 2 saturated carbocycles. The zero-order valence-electron chi connectivity index (χ0n) is 13.4. The number of rotatable bonds is 1. The van der Waals surface area contributed by atoms with Crippen LogP contribution in [0.1, 0.15) is 25.7 Å². The van der Waals surface area contributed by atoms with Crippen LogP contribution in [0.25, 0.3) is 0 Å². The van der Waals surface area contributed by atoms with E-state index < -0.39 is 0 Å². The summed E-state index contributed by atoms with van der Waals surface area (Å²) < 4.78 is 12.2. The lowest BCUT2D eigenvalue weighted by molar-refractivity contribution is -0.142.